The van der Waals surface area contributed by atoms with Crippen molar-refractivity contribution in [2.45, 2.75) is 31.7 Å². The van der Waals surface area contributed by atoms with E-state index in [-0.39, 0.29) is 43.6 Å². The summed E-state index contributed by atoms with van der Waals surface area (Å²) in [6.07, 6.45) is 0.880. The molecule has 3 heterocycles. The van der Waals surface area contributed by atoms with E-state index in [0.29, 0.717) is 30.1 Å². The lowest BCUT2D eigenvalue weighted by atomic mass is 9.89. The van der Waals surface area contributed by atoms with E-state index in [9.17, 15) is 22.8 Å². The minimum absolute atomic E-state index is 0.0374. The smallest absolute Gasteiger partial charge is 0.329 e. The summed E-state index contributed by atoms with van der Waals surface area (Å²) in [4.78, 5) is 42.5. The second-order valence-corrected chi connectivity index (χ2v) is 11.7. The first kappa shape index (κ1) is 25.9. The number of urea groups is 1. The Kier molecular flexibility index (Phi) is 6.70. The van der Waals surface area contributed by atoms with E-state index in [0.717, 1.165) is 21.6 Å². The van der Waals surface area contributed by atoms with Crippen LogP contribution in [0.1, 0.15) is 29.5 Å². The monoisotopic (exact) mass is 539 g/mol. The predicted molar refractivity (Wildman–Crippen MR) is 141 cm³/mol. The van der Waals surface area contributed by atoms with E-state index < -0.39 is 21.6 Å². The van der Waals surface area contributed by atoms with Gasteiger partial charge >= 0.3 is 6.03 Å². The summed E-state index contributed by atoms with van der Waals surface area (Å²) in [5.41, 5.74) is 1.83. The predicted octanol–water partition coefficient (Wildman–Crippen LogP) is 1.34. The number of carbonyl (C=O) groups excluding carboxylic acids is 3. The number of aryl methyl sites for hydroxylation is 2. The molecular weight excluding hydrogens is 510 g/mol. The molecule has 0 aromatic heterocycles. The van der Waals surface area contributed by atoms with Gasteiger partial charge < -0.3 is 15.4 Å². The number of sulfonamides is 1. The molecule has 11 nitrogen and oxygen atoms in total. The number of hydrogen-bond donors (Lipinski definition) is 2. The first-order chi connectivity index (χ1) is 18.1. The van der Waals surface area contributed by atoms with Crippen LogP contribution in [0, 0.1) is 6.92 Å². The number of rotatable bonds is 7. The van der Waals surface area contributed by atoms with Crippen molar-refractivity contribution in [2.75, 3.05) is 37.4 Å². The summed E-state index contributed by atoms with van der Waals surface area (Å²) in [5, 5.41) is 5.34. The number of amidine groups is 1. The lowest BCUT2D eigenvalue weighted by Crippen LogP contribution is -2.50. The number of aliphatic imine (C=N–C) groups is 1. The van der Waals surface area contributed by atoms with E-state index >= 15 is 0 Å². The van der Waals surface area contributed by atoms with Gasteiger partial charge in [-0.15, -0.1) is 0 Å². The van der Waals surface area contributed by atoms with Gasteiger partial charge in [-0.05, 0) is 61.6 Å². The average Bonchev–Trinajstić information content (AvgIpc) is 3.41. The van der Waals surface area contributed by atoms with Gasteiger partial charge in [0.05, 0.1) is 25.1 Å². The third-order valence-corrected chi connectivity index (χ3v) is 9.20. The molecule has 2 saturated heterocycles. The van der Waals surface area contributed by atoms with Crippen LogP contribution in [-0.4, -0.2) is 74.4 Å². The highest BCUT2D eigenvalue weighted by atomic mass is 32.2. The maximum absolute atomic E-state index is 13.1. The number of carbonyl (C=O) groups is 3. The van der Waals surface area contributed by atoms with Crippen molar-refractivity contribution in [3.8, 4) is 5.75 Å². The molecule has 0 atom stereocenters. The third-order valence-electron chi connectivity index (χ3n) is 7.32. The molecule has 2 aromatic carbocycles. The van der Waals surface area contributed by atoms with Crippen molar-refractivity contribution in [3.63, 3.8) is 0 Å². The summed E-state index contributed by atoms with van der Waals surface area (Å²) < 4.78 is 33.0. The Balaban J connectivity index is 1.22. The van der Waals surface area contributed by atoms with Crippen LogP contribution in [0.5, 0.6) is 5.75 Å². The Bertz CT molecular complexity index is 1430. The van der Waals surface area contributed by atoms with Crippen LogP contribution in [-0.2, 0) is 26.0 Å². The van der Waals surface area contributed by atoms with Crippen molar-refractivity contribution in [3.05, 3.63) is 59.2 Å². The molecule has 4 amide bonds. The maximum atomic E-state index is 13.1. The van der Waals surface area contributed by atoms with E-state index in [1.165, 1.54) is 4.31 Å². The molecule has 0 radical (unpaired) electrons. The molecule has 2 fully saturated rings. The summed E-state index contributed by atoms with van der Waals surface area (Å²) in [5.74, 6) is 0.489. The van der Waals surface area contributed by atoms with Crippen LogP contribution in [0.3, 0.4) is 0 Å². The maximum Gasteiger partial charge on any atom is 0.329 e. The first-order valence-corrected chi connectivity index (χ1v) is 14.0. The zero-order valence-electron chi connectivity index (χ0n) is 21.2. The van der Waals surface area contributed by atoms with Crippen molar-refractivity contribution in [1.29, 1.82) is 0 Å². The van der Waals surface area contributed by atoms with Crippen LogP contribution in [0.4, 0.5) is 10.5 Å². The van der Waals surface area contributed by atoms with Crippen LogP contribution in [0.25, 0.3) is 0 Å². The minimum atomic E-state index is -3.57. The fourth-order valence-electron chi connectivity index (χ4n) is 5.05. The Morgan fingerprint density at radius 2 is 1.84 bits per heavy atom. The molecule has 12 heteroatoms. The van der Waals surface area contributed by atoms with Crippen molar-refractivity contribution >= 4 is 39.4 Å². The lowest BCUT2D eigenvalue weighted by Gasteiger charge is -2.34. The molecule has 0 bridgehead atoms. The van der Waals surface area contributed by atoms with Gasteiger partial charge in [0.25, 0.3) is 11.8 Å². The number of anilines is 1. The number of nitrogens with one attached hydrogen (secondary N) is 2. The molecule has 2 aromatic rings. The van der Waals surface area contributed by atoms with E-state index in [1.54, 1.807) is 31.4 Å². The average molecular weight is 540 g/mol. The summed E-state index contributed by atoms with van der Waals surface area (Å²) in [7, 11) is -2.00. The highest BCUT2D eigenvalue weighted by Crippen LogP contribution is 2.33. The molecule has 0 saturated carbocycles. The van der Waals surface area contributed by atoms with Gasteiger partial charge in [0.1, 0.15) is 17.1 Å². The molecule has 0 unspecified atom stereocenters. The number of hydrogen-bond acceptors (Lipinski definition) is 7. The van der Waals surface area contributed by atoms with E-state index in [4.69, 9.17) is 9.73 Å². The number of imide groups is 1. The normalized spacial score (nSPS) is 19.5. The highest BCUT2D eigenvalue weighted by molar-refractivity contribution is 7.89. The Labute approximate surface area is 220 Å². The first-order valence-electron chi connectivity index (χ1n) is 12.4. The summed E-state index contributed by atoms with van der Waals surface area (Å²) in [6.45, 7) is 2.19. The molecule has 2 N–H and O–H groups in total. The SMILES string of the molecule is COc1cccc(C2=NC3(CCN(S(=O)(=O)CCc4ccc(N5C(=O)CNC5=O)cc4C)CC3)C(=O)N2)c1. The number of amides is 4. The third kappa shape index (κ3) is 4.76. The van der Waals surface area contributed by atoms with Gasteiger partial charge in [-0.25, -0.2) is 22.4 Å². The van der Waals surface area contributed by atoms with Gasteiger partial charge in [0, 0.05) is 18.7 Å². The van der Waals surface area contributed by atoms with Crippen LogP contribution in [0.2, 0.25) is 0 Å². The summed E-state index contributed by atoms with van der Waals surface area (Å²) >= 11 is 0. The number of benzene rings is 2. The standard InChI is InChI=1S/C26H29N5O6S/c1-17-14-20(31-22(32)16-27-25(31)34)7-6-18(17)8-13-38(35,36)30-11-9-26(10-12-30)24(33)28-23(29-26)19-4-3-5-21(15-19)37-2/h3-7,14-15H,8-13,16H2,1-2H3,(H,27,34)(H,28,29,33). The van der Waals surface area contributed by atoms with Crippen molar-refractivity contribution < 1.29 is 27.5 Å². The quantitative estimate of drug-likeness (QED) is 0.510. The minimum Gasteiger partial charge on any atom is -0.497 e. The number of ether oxygens (including phenoxy) is 1. The van der Waals surface area contributed by atoms with Gasteiger partial charge in [-0.2, -0.15) is 0 Å². The van der Waals surface area contributed by atoms with Gasteiger partial charge in [-0.1, -0.05) is 18.2 Å². The van der Waals surface area contributed by atoms with Gasteiger partial charge in [0.15, 0.2) is 0 Å². The van der Waals surface area contributed by atoms with Crippen LogP contribution < -0.4 is 20.3 Å². The zero-order valence-corrected chi connectivity index (χ0v) is 22.0. The molecule has 200 valence electrons. The Morgan fingerprint density at radius 1 is 1.08 bits per heavy atom. The zero-order chi connectivity index (χ0) is 27.1. The van der Waals surface area contributed by atoms with Crippen molar-refractivity contribution in [2.24, 2.45) is 4.99 Å². The molecule has 5 rings (SSSR count). The fourth-order valence-corrected chi connectivity index (χ4v) is 6.52. The van der Waals surface area contributed by atoms with Gasteiger partial charge in [0.2, 0.25) is 10.0 Å². The molecule has 1 spiro atoms. The fraction of sp³-hybridized carbons (Fsp3) is 0.385. The molecular formula is C26H29N5O6S. The highest BCUT2D eigenvalue weighted by Gasteiger charge is 2.47. The molecule has 38 heavy (non-hydrogen) atoms. The van der Waals surface area contributed by atoms with Gasteiger partial charge in [-0.3, -0.25) is 14.6 Å². The van der Waals surface area contributed by atoms with Crippen molar-refractivity contribution in [1.82, 2.24) is 14.9 Å². The van der Waals surface area contributed by atoms with E-state index in [1.807, 2.05) is 25.1 Å². The molecule has 0 aliphatic carbocycles. The summed E-state index contributed by atoms with van der Waals surface area (Å²) in [6, 6.07) is 11.9. The van der Waals surface area contributed by atoms with Crippen LogP contribution >= 0.6 is 0 Å². The molecule has 3 aliphatic rings. The Hall–Kier alpha value is -3.77. The topological polar surface area (TPSA) is 137 Å². The Morgan fingerprint density at radius 3 is 2.50 bits per heavy atom. The molecule has 3 aliphatic heterocycles. The second-order valence-electron chi connectivity index (χ2n) is 9.64. The second kappa shape index (κ2) is 9.84. The van der Waals surface area contributed by atoms with Crippen LogP contribution in [0.15, 0.2) is 47.5 Å². The largest absolute Gasteiger partial charge is 0.497 e. The van der Waals surface area contributed by atoms with E-state index in [2.05, 4.69) is 10.6 Å². The lowest BCUT2D eigenvalue weighted by molar-refractivity contribution is -0.125. The number of piperidine rings is 1. The number of methoxy groups -OCH3 is 1. The number of nitrogens with zero attached hydrogens (tertiary/aromatic N) is 3.